The number of ether oxygens (including phenoxy) is 2. The highest BCUT2D eigenvalue weighted by molar-refractivity contribution is 5.93. The summed E-state index contributed by atoms with van der Waals surface area (Å²) in [5, 5.41) is 0. The number of carbonyl (C=O) groups is 1. The predicted octanol–water partition coefficient (Wildman–Crippen LogP) is 2.22. The Labute approximate surface area is 101 Å². The van der Waals surface area contributed by atoms with E-state index in [9.17, 15) is 4.79 Å². The molecule has 4 nitrogen and oxygen atoms in total. The summed E-state index contributed by atoms with van der Waals surface area (Å²) in [7, 11) is 1.35. The molecule has 1 aliphatic heterocycles. The Bertz CT molecular complexity index is 371. The van der Waals surface area contributed by atoms with Gasteiger partial charge in [0.2, 0.25) is 6.10 Å². The molecule has 0 amide bonds. The number of rotatable bonds is 3. The van der Waals surface area contributed by atoms with Gasteiger partial charge in [0, 0.05) is 6.42 Å². The summed E-state index contributed by atoms with van der Waals surface area (Å²) >= 11 is 0. The van der Waals surface area contributed by atoms with E-state index in [-0.39, 0.29) is 0 Å². The number of hydrogen-bond donors (Lipinski definition) is 0. The second-order valence-electron chi connectivity index (χ2n) is 4.28. The molecule has 2 aliphatic rings. The van der Waals surface area contributed by atoms with Gasteiger partial charge in [0.05, 0.1) is 19.5 Å². The topological polar surface area (TPSA) is 47.9 Å². The molecule has 92 valence electrons. The first kappa shape index (κ1) is 11.9. The summed E-state index contributed by atoms with van der Waals surface area (Å²) in [5.41, 5.74) is 0. The predicted molar refractivity (Wildman–Crippen MR) is 64.6 cm³/mol. The van der Waals surface area contributed by atoms with Crippen LogP contribution in [0.1, 0.15) is 25.7 Å². The van der Waals surface area contributed by atoms with Gasteiger partial charge in [-0.15, -0.1) is 0 Å². The smallest absolute Gasteiger partial charge is 0.352 e. The molecule has 0 aromatic rings. The molecule has 0 saturated heterocycles. The minimum atomic E-state index is -0.687. The SMILES string of the molecule is COC(=O)[C@@H]1C=NC=C(C[C@H]2C=CCCC2)O1. The Morgan fingerprint density at radius 1 is 1.65 bits per heavy atom. The van der Waals surface area contributed by atoms with Crippen molar-refractivity contribution < 1.29 is 14.3 Å². The highest BCUT2D eigenvalue weighted by Crippen LogP contribution is 2.25. The van der Waals surface area contributed by atoms with Gasteiger partial charge in [-0.1, -0.05) is 12.2 Å². The molecular formula is C13H17NO3. The van der Waals surface area contributed by atoms with Crippen molar-refractivity contribution in [3.05, 3.63) is 24.1 Å². The van der Waals surface area contributed by atoms with E-state index in [2.05, 4.69) is 21.9 Å². The molecule has 1 heterocycles. The molecule has 0 spiro atoms. The lowest BCUT2D eigenvalue weighted by molar-refractivity contribution is -0.147. The molecule has 1 aliphatic carbocycles. The Morgan fingerprint density at radius 3 is 3.24 bits per heavy atom. The number of allylic oxidation sites excluding steroid dienone is 3. The number of hydrogen-bond acceptors (Lipinski definition) is 4. The van der Waals surface area contributed by atoms with E-state index in [0.29, 0.717) is 5.92 Å². The van der Waals surface area contributed by atoms with Gasteiger partial charge >= 0.3 is 5.97 Å². The first-order valence-corrected chi connectivity index (χ1v) is 5.93. The summed E-state index contributed by atoms with van der Waals surface area (Å²) in [5.74, 6) is 0.861. The average molecular weight is 235 g/mol. The Hall–Kier alpha value is -1.58. The van der Waals surface area contributed by atoms with Gasteiger partial charge in [-0.25, -0.2) is 4.79 Å². The first-order chi connectivity index (χ1) is 8.29. The minimum absolute atomic E-state index is 0.404. The molecule has 2 rings (SSSR count). The van der Waals surface area contributed by atoms with Gasteiger partial charge in [0.1, 0.15) is 5.76 Å². The van der Waals surface area contributed by atoms with Crippen LogP contribution < -0.4 is 0 Å². The van der Waals surface area contributed by atoms with Gasteiger partial charge in [-0.3, -0.25) is 4.99 Å². The van der Waals surface area contributed by atoms with E-state index >= 15 is 0 Å². The lowest BCUT2D eigenvalue weighted by atomic mass is 9.92. The van der Waals surface area contributed by atoms with Crippen molar-refractivity contribution in [2.75, 3.05) is 7.11 Å². The lowest BCUT2D eigenvalue weighted by Crippen LogP contribution is -2.28. The van der Waals surface area contributed by atoms with Crippen molar-refractivity contribution in [3.63, 3.8) is 0 Å². The fourth-order valence-electron chi connectivity index (χ4n) is 2.07. The maximum Gasteiger partial charge on any atom is 0.352 e. The number of esters is 1. The Morgan fingerprint density at radius 2 is 2.53 bits per heavy atom. The standard InChI is InChI=1S/C13H17NO3/c1-16-13(15)12-9-14-8-11(17-12)7-10-5-3-2-4-6-10/h3,5,8-10,12H,2,4,6-7H2,1H3/t10-,12-/m0/s1. The third-order valence-electron chi connectivity index (χ3n) is 2.97. The third-order valence-corrected chi connectivity index (χ3v) is 2.97. The molecule has 17 heavy (non-hydrogen) atoms. The summed E-state index contributed by atoms with van der Waals surface area (Å²) in [6.07, 6.45) is 11.3. The van der Waals surface area contributed by atoms with Crippen molar-refractivity contribution in [2.45, 2.75) is 31.8 Å². The molecule has 0 N–H and O–H groups in total. The van der Waals surface area contributed by atoms with Crippen LogP contribution in [0.4, 0.5) is 0 Å². The molecule has 2 atom stereocenters. The molecule has 0 saturated carbocycles. The number of nitrogens with zero attached hydrogens (tertiary/aromatic N) is 1. The number of methoxy groups -OCH3 is 1. The molecule has 0 unspecified atom stereocenters. The summed E-state index contributed by atoms with van der Waals surface area (Å²) in [6.45, 7) is 0. The van der Waals surface area contributed by atoms with Gasteiger partial charge in [-0.05, 0) is 25.2 Å². The van der Waals surface area contributed by atoms with E-state index in [1.165, 1.54) is 32.6 Å². The number of aliphatic imine (C=N–C) groups is 1. The van der Waals surface area contributed by atoms with E-state index in [1.54, 1.807) is 6.20 Å². The third kappa shape index (κ3) is 3.19. The van der Waals surface area contributed by atoms with E-state index in [1.807, 2.05) is 0 Å². The zero-order valence-electron chi connectivity index (χ0n) is 9.96. The highest BCUT2D eigenvalue weighted by atomic mass is 16.6. The second kappa shape index (κ2) is 5.66. The monoisotopic (exact) mass is 235 g/mol. The van der Waals surface area contributed by atoms with E-state index in [4.69, 9.17) is 4.74 Å². The van der Waals surface area contributed by atoms with Crippen molar-refractivity contribution >= 4 is 12.2 Å². The van der Waals surface area contributed by atoms with Crippen LogP contribution >= 0.6 is 0 Å². The largest absolute Gasteiger partial charge is 0.476 e. The summed E-state index contributed by atoms with van der Waals surface area (Å²) in [6, 6.07) is 0. The van der Waals surface area contributed by atoms with Crippen molar-refractivity contribution in [2.24, 2.45) is 10.9 Å². The van der Waals surface area contributed by atoms with Crippen LogP contribution in [0.25, 0.3) is 0 Å². The average Bonchev–Trinajstić information content (AvgIpc) is 2.39. The van der Waals surface area contributed by atoms with Crippen LogP contribution in [0, 0.1) is 5.92 Å². The van der Waals surface area contributed by atoms with Crippen LogP contribution in [-0.2, 0) is 14.3 Å². The summed E-state index contributed by atoms with van der Waals surface area (Å²) < 4.78 is 10.2. The molecule has 0 aromatic carbocycles. The van der Waals surface area contributed by atoms with Crippen LogP contribution in [0.5, 0.6) is 0 Å². The van der Waals surface area contributed by atoms with Crippen LogP contribution in [0.3, 0.4) is 0 Å². The maximum atomic E-state index is 11.3. The lowest BCUT2D eigenvalue weighted by Gasteiger charge is -2.22. The fraction of sp³-hybridized carbons (Fsp3) is 0.538. The number of carbonyl (C=O) groups excluding carboxylic acids is 1. The zero-order valence-corrected chi connectivity index (χ0v) is 9.96. The normalized spacial score (nSPS) is 27.2. The fourth-order valence-corrected chi connectivity index (χ4v) is 2.07. The molecule has 0 fully saturated rings. The quantitative estimate of drug-likeness (QED) is 0.556. The van der Waals surface area contributed by atoms with E-state index < -0.39 is 12.1 Å². The van der Waals surface area contributed by atoms with Crippen LogP contribution in [0.2, 0.25) is 0 Å². The molecule has 0 aromatic heterocycles. The molecule has 0 radical (unpaired) electrons. The first-order valence-electron chi connectivity index (χ1n) is 5.93. The minimum Gasteiger partial charge on any atom is -0.476 e. The molecule has 0 bridgehead atoms. The van der Waals surface area contributed by atoms with Gasteiger partial charge in [0.15, 0.2) is 0 Å². The van der Waals surface area contributed by atoms with Crippen molar-refractivity contribution in [3.8, 4) is 0 Å². The Kier molecular flexibility index (Phi) is 3.96. The molecular weight excluding hydrogens is 218 g/mol. The Balaban J connectivity index is 1.91. The highest BCUT2D eigenvalue weighted by Gasteiger charge is 2.23. The van der Waals surface area contributed by atoms with Crippen molar-refractivity contribution in [1.29, 1.82) is 0 Å². The van der Waals surface area contributed by atoms with Crippen LogP contribution in [-0.4, -0.2) is 25.4 Å². The molecule has 4 heteroatoms. The van der Waals surface area contributed by atoms with Gasteiger partial charge < -0.3 is 9.47 Å². The summed E-state index contributed by atoms with van der Waals surface area (Å²) in [4.78, 5) is 15.4. The van der Waals surface area contributed by atoms with E-state index in [0.717, 1.165) is 12.2 Å². The second-order valence-corrected chi connectivity index (χ2v) is 4.28. The van der Waals surface area contributed by atoms with Crippen molar-refractivity contribution in [1.82, 2.24) is 0 Å². The van der Waals surface area contributed by atoms with Crippen LogP contribution in [0.15, 0.2) is 29.1 Å². The zero-order chi connectivity index (χ0) is 12.1. The van der Waals surface area contributed by atoms with Gasteiger partial charge in [0.25, 0.3) is 0 Å². The maximum absolute atomic E-state index is 11.3. The van der Waals surface area contributed by atoms with Gasteiger partial charge in [-0.2, -0.15) is 0 Å².